The molecule has 33 heavy (non-hydrogen) atoms. The van der Waals surface area contributed by atoms with Crippen LogP contribution in [0.25, 0.3) is 0 Å². The van der Waals surface area contributed by atoms with Crippen molar-refractivity contribution in [3.05, 3.63) is 64.2 Å². The number of carbonyl (C=O) groups excluding carboxylic acids is 3. The molecule has 0 radical (unpaired) electrons. The molecular weight excluding hydrogens is 444 g/mol. The van der Waals surface area contributed by atoms with Crippen molar-refractivity contribution in [1.29, 1.82) is 0 Å². The summed E-state index contributed by atoms with van der Waals surface area (Å²) in [6.07, 6.45) is 1.27. The number of thiazole rings is 1. The van der Waals surface area contributed by atoms with Crippen molar-refractivity contribution in [2.75, 3.05) is 24.9 Å². The highest BCUT2D eigenvalue weighted by atomic mass is 32.1. The Bertz CT molecular complexity index is 1220. The first kappa shape index (κ1) is 22.3. The number of para-hydroxylation sites is 1. The average Bonchev–Trinajstić information content (AvgIpc) is 3.39. The van der Waals surface area contributed by atoms with E-state index in [1.807, 2.05) is 0 Å². The lowest BCUT2D eigenvalue weighted by molar-refractivity contribution is -0.117. The summed E-state index contributed by atoms with van der Waals surface area (Å²) in [4.78, 5) is 42.8. The van der Waals surface area contributed by atoms with Gasteiger partial charge in [-0.3, -0.25) is 19.7 Å². The molecule has 10 heteroatoms. The maximum absolute atomic E-state index is 12.9. The Labute approximate surface area is 193 Å². The Balaban J connectivity index is 1.50. The molecule has 170 valence electrons. The van der Waals surface area contributed by atoms with Gasteiger partial charge in [0.25, 0.3) is 11.8 Å². The van der Waals surface area contributed by atoms with Crippen LogP contribution in [0.3, 0.4) is 0 Å². The van der Waals surface area contributed by atoms with Crippen LogP contribution < -0.4 is 25.8 Å². The van der Waals surface area contributed by atoms with Gasteiger partial charge in [-0.25, -0.2) is 4.98 Å². The Kier molecular flexibility index (Phi) is 6.27. The van der Waals surface area contributed by atoms with Crippen LogP contribution >= 0.6 is 11.3 Å². The molecule has 1 atom stereocenters. The summed E-state index contributed by atoms with van der Waals surface area (Å²) in [5.74, 6) is -0.757. The fourth-order valence-corrected chi connectivity index (χ4v) is 4.70. The van der Waals surface area contributed by atoms with Gasteiger partial charge >= 0.3 is 0 Å². The van der Waals surface area contributed by atoms with Gasteiger partial charge in [0.15, 0.2) is 5.13 Å². The molecule has 2 aromatic carbocycles. The van der Waals surface area contributed by atoms with E-state index in [1.54, 1.807) is 42.5 Å². The number of ether oxygens (including phenoxy) is 2. The van der Waals surface area contributed by atoms with Crippen LogP contribution in [-0.2, 0) is 11.2 Å². The maximum Gasteiger partial charge on any atom is 0.257 e. The normalized spacial score (nSPS) is 14.3. The third-order valence-electron chi connectivity index (χ3n) is 5.32. The summed E-state index contributed by atoms with van der Waals surface area (Å²) in [6.45, 7) is 0. The second-order valence-corrected chi connectivity index (χ2v) is 8.46. The number of aryl methyl sites for hydroxylation is 1. The number of hydrogen-bond acceptors (Lipinski definition) is 7. The van der Waals surface area contributed by atoms with Crippen LogP contribution in [0.1, 0.15) is 43.6 Å². The van der Waals surface area contributed by atoms with Crippen LogP contribution in [0, 0.1) is 0 Å². The molecule has 0 fully saturated rings. The molecule has 0 saturated heterocycles. The van der Waals surface area contributed by atoms with Gasteiger partial charge < -0.3 is 20.5 Å². The van der Waals surface area contributed by atoms with Crippen molar-refractivity contribution in [3.63, 3.8) is 0 Å². The van der Waals surface area contributed by atoms with Crippen LogP contribution in [0.5, 0.6) is 11.5 Å². The summed E-state index contributed by atoms with van der Waals surface area (Å²) in [5.41, 5.74) is 6.99. The number of aromatic nitrogens is 1. The molecule has 0 saturated carbocycles. The molecule has 0 aliphatic heterocycles. The second-order valence-electron chi connectivity index (χ2n) is 7.37. The highest BCUT2D eigenvalue weighted by Gasteiger charge is 2.33. The number of amides is 3. The smallest absolute Gasteiger partial charge is 0.257 e. The molecule has 0 bridgehead atoms. The van der Waals surface area contributed by atoms with E-state index in [2.05, 4.69) is 15.6 Å². The number of nitrogens with zero attached hydrogens (tertiary/aromatic N) is 1. The minimum atomic E-state index is -0.620. The van der Waals surface area contributed by atoms with E-state index in [4.69, 9.17) is 15.2 Å². The first-order valence-corrected chi connectivity index (χ1v) is 10.9. The van der Waals surface area contributed by atoms with Gasteiger partial charge in [0, 0.05) is 16.5 Å². The third kappa shape index (κ3) is 4.65. The molecule has 1 heterocycles. The monoisotopic (exact) mass is 466 g/mol. The fraction of sp³-hybridized carbons (Fsp3) is 0.217. The van der Waals surface area contributed by atoms with Crippen molar-refractivity contribution in [2.45, 2.75) is 18.8 Å². The fourth-order valence-electron chi connectivity index (χ4n) is 3.67. The van der Waals surface area contributed by atoms with Crippen LogP contribution in [-0.4, -0.2) is 36.9 Å². The van der Waals surface area contributed by atoms with Crippen LogP contribution in [0.15, 0.2) is 42.5 Å². The minimum Gasteiger partial charge on any atom is -0.497 e. The average molecular weight is 467 g/mol. The number of carbonyl (C=O) groups is 3. The van der Waals surface area contributed by atoms with E-state index < -0.39 is 11.8 Å². The van der Waals surface area contributed by atoms with Crippen molar-refractivity contribution in [3.8, 4) is 11.5 Å². The van der Waals surface area contributed by atoms with Crippen molar-refractivity contribution >= 4 is 39.9 Å². The molecule has 1 aliphatic rings. The van der Waals surface area contributed by atoms with E-state index in [9.17, 15) is 14.4 Å². The topological polar surface area (TPSA) is 133 Å². The van der Waals surface area contributed by atoms with Gasteiger partial charge in [-0.05, 0) is 37.1 Å². The number of nitrogens with one attached hydrogen (secondary N) is 2. The molecule has 1 aromatic heterocycles. The minimum absolute atomic E-state index is 0.240. The summed E-state index contributed by atoms with van der Waals surface area (Å²) >= 11 is 1.34. The first-order valence-electron chi connectivity index (χ1n) is 10.1. The number of hydrogen-bond donors (Lipinski definition) is 3. The first-order chi connectivity index (χ1) is 15.9. The zero-order valence-electron chi connectivity index (χ0n) is 18.0. The Morgan fingerprint density at radius 2 is 1.76 bits per heavy atom. The zero-order chi connectivity index (χ0) is 23.5. The SMILES string of the molecule is COc1cc(OC)cc(C(=O)Nc2nc3c(s2)CCC3C(=O)Nc2ccccc2C(N)=O)c1. The highest BCUT2D eigenvalue weighted by molar-refractivity contribution is 7.16. The number of fused-ring (bicyclic) bond motifs is 1. The van der Waals surface area contributed by atoms with Crippen molar-refractivity contribution in [1.82, 2.24) is 4.98 Å². The Morgan fingerprint density at radius 1 is 1.06 bits per heavy atom. The predicted octanol–water partition coefficient (Wildman–Crippen LogP) is 3.18. The van der Waals surface area contributed by atoms with Gasteiger partial charge in [0.05, 0.1) is 37.1 Å². The number of rotatable bonds is 7. The lowest BCUT2D eigenvalue weighted by atomic mass is 10.1. The number of anilines is 2. The summed E-state index contributed by atoms with van der Waals surface area (Å²) in [6, 6.07) is 11.5. The molecule has 1 unspecified atom stereocenters. The number of benzene rings is 2. The zero-order valence-corrected chi connectivity index (χ0v) is 18.8. The molecular formula is C23H22N4O5S. The number of primary amides is 1. The second kappa shape index (κ2) is 9.29. The van der Waals surface area contributed by atoms with Crippen LogP contribution in [0.2, 0.25) is 0 Å². The molecule has 1 aliphatic carbocycles. The van der Waals surface area contributed by atoms with E-state index in [0.29, 0.717) is 46.4 Å². The lowest BCUT2D eigenvalue weighted by Crippen LogP contribution is -2.22. The van der Waals surface area contributed by atoms with E-state index in [0.717, 1.165) is 4.88 Å². The highest BCUT2D eigenvalue weighted by Crippen LogP contribution is 2.39. The van der Waals surface area contributed by atoms with Crippen molar-refractivity contribution in [2.24, 2.45) is 5.73 Å². The number of nitrogens with two attached hydrogens (primary N) is 1. The molecule has 3 amide bonds. The van der Waals surface area contributed by atoms with Gasteiger partial charge in [0.2, 0.25) is 5.91 Å². The summed E-state index contributed by atoms with van der Waals surface area (Å²) in [7, 11) is 3.02. The Morgan fingerprint density at radius 3 is 2.42 bits per heavy atom. The van der Waals surface area contributed by atoms with Gasteiger partial charge in [-0.2, -0.15) is 0 Å². The van der Waals surface area contributed by atoms with E-state index in [1.165, 1.54) is 25.6 Å². The van der Waals surface area contributed by atoms with E-state index >= 15 is 0 Å². The molecule has 9 nitrogen and oxygen atoms in total. The van der Waals surface area contributed by atoms with Crippen molar-refractivity contribution < 1.29 is 23.9 Å². The molecule has 4 N–H and O–H groups in total. The summed E-state index contributed by atoms with van der Waals surface area (Å²) < 4.78 is 10.4. The van der Waals surface area contributed by atoms with Gasteiger partial charge in [-0.15, -0.1) is 11.3 Å². The summed E-state index contributed by atoms with van der Waals surface area (Å²) in [5, 5.41) is 5.98. The lowest BCUT2D eigenvalue weighted by Gasteiger charge is -2.13. The Hall–Kier alpha value is -3.92. The number of methoxy groups -OCH3 is 2. The van der Waals surface area contributed by atoms with Gasteiger partial charge in [-0.1, -0.05) is 12.1 Å². The predicted molar refractivity (Wildman–Crippen MR) is 124 cm³/mol. The largest absolute Gasteiger partial charge is 0.497 e. The quantitative estimate of drug-likeness (QED) is 0.490. The third-order valence-corrected chi connectivity index (χ3v) is 6.37. The van der Waals surface area contributed by atoms with Gasteiger partial charge in [0.1, 0.15) is 11.5 Å². The molecule has 0 spiro atoms. The molecule has 4 rings (SSSR count). The van der Waals surface area contributed by atoms with Crippen LogP contribution in [0.4, 0.5) is 10.8 Å². The standard InChI is InChI=1S/C23H22N4O5S/c1-31-13-9-12(10-14(11-13)32-2)21(29)27-23-26-19-16(7-8-18(19)33-23)22(30)25-17-6-4-3-5-15(17)20(24)28/h3-6,9-11,16H,7-8H2,1-2H3,(H2,24,28)(H,25,30)(H,26,27,29). The van der Waals surface area contributed by atoms with E-state index in [-0.39, 0.29) is 17.4 Å². The molecule has 3 aromatic rings. The maximum atomic E-state index is 12.9.